The second-order valence-corrected chi connectivity index (χ2v) is 6.91. The second-order valence-electron chi connectivity index (χ2n) is 6.91. The number of benzene rings is 1. The molecule has 5 heteroatoms. The van der Waals surface area contributed by atoms with E-state index in [1.54, 1.807) is 24.5 Å². The topological polar surface area (TPSA) is 62.3 Å². The Bertz CT molecular complexity index is 854. The predicted molar refractivity (Wildman–Crippen MR) is 90.1 cm³/mol. The SMILES string of the molecule is O=C(Nc1ccc2c(c1)N(C1CC1)C(=O)C21CC1)c1ccncc1. The molecule has 24 heavy (non-hydrogen) atoms. The molecule has 120 valence electrons. The van der Waals surface area contributed by atoms with Gasteiger partial charge in [-0.05, 0) is 55.5 Å². The number of carbonyl (C=O) groups excluding carboxylic acids is 2. The molecule has 0 saturated heterocycles. The molecule has 2 aliphatic carbocycles. The summed E-state index contributed by atoms with van der Waals surface area (Å²) in [6.07, 6.45) is 7.25. The summed E-state index contributed by atoms with van der Waals surface area (Å²) in [6.45, 7) is 0. The molecule has 0 bridgehead atoms. The molecule has 5 nitrogen and oxygen atoms in total. The highest BCUT2D eigenvalue weighted by atomic mass is 16.2. The fraction of sp³-hybridized carbons (Fsp3) is 0.316. The average Bonchev–Trinajstić information content (AvgIpc) is 3.50. The van der Waals surface area contributed by atoms with Crippen LogP contribution in [-0.2, 0) is 10.2 Å². The van der Waals surface area contributed by atoms with Crippen molar-refractivity contribution in [3.63, 3.8) is 0 Å². The lowest BCUT2D eigenvalue weighted by atomic mass is 9.97. The quantitative estimate of drug-likeness (QED) is 0.946. The van der Waals surface area contributed by atoms with Gasteiger partial charge in [0.25, 0.3) is 5.91 Å². The molecule has 2 aromatic rings. The highest BCUT2D eigenvalue weighted by Gasteiger charge is 2.61. The number of hydrogen-bond donors (Lipinski definition) is 1. The summed E-state index contributed by atoms with van der Waals surface area (Å²) in [5.74, 6) is 0.0957. The second kappa shape index (κ2) is 4.66. The highest BCUT2D eigenvalue weighted by Crippen LogP contribution is 2.59. The molecule has 1 N–H and O–H groups in total. The summed E-state index contributed by atoms with van der Waals surface area (Å²) in [6, 6.07) is 9.59. The molecule has 3 aliphatic rings. The van der Waals surface area contributed by atoms with Gasteiger partial charge in [0.05, 0.1) is 11.1 Å². The molecule has 2 amide bonds. The third kappa shape index (κ3) is 1.90. The summed E-state index contributed by atoms with van der Waals surface area (Å²) in [7, 11) is 0. The zero-order valence-corrected chi connectivity index (χ0v) is 13.2. The maximum absolute atomic E-state index is 12.8. The summed E-state index contributed by atoms with van der Waals surface area (Å²) in [5.41, 5.74) is 3.17. The van der Waals surface area contributed by atoms with Crippen LogP contribution in [0.4, 0.5) is 11.4 Å². The van der Waals surface area contributed by atoms with Crippen LogP contribution in [0.5, 0.6) is 0 Å². The van der Waals surface area contributed by atoms with Crippen LogP contribution in [0.25, 0.3) is 0 Å². The summed E-state index contributed by atoms with van der Waals surface area (Å²) >= 11 is 0. The van der Waals surface area contributed by atoms with Crippen LogP contribution in [0.3, 0.4) is 0 Å². The van der Waals surface area contributed by atoms with Gasteiger partial charge in [0.2, 0.25) is 5.91 Å². The van der Waals surface area contributed by atoms with Crippen molar-refractivity contribution in [2.24, 2.45) is 0 Å². The van der Waals surface area contributed by atoms with Gasteiger partial charge in [-0.15, -0.1) is 0 Å². The van der Waals surface area contributed by atoms with E-state index in [1.807, 2.05) is 23.1 Å². The number of pyridine rings is 1. The Balaban J connectivity index is 1.48. The van der Waals surface area contributed by atoms with E-state index in [-0.39, 0.29) is 17.2 Å². The van der Waals surface area contributed by atoms with Crippen LogP contribution in [0, 0.1) is 0 Å². The molecule has 0 radical (unpaired) electrons. The van der Waals surface area contributed by atoms with E-state index in [9.17, 15) is 9.59 Å². The standard InChI is InChI=1S/C19H17N3O2/c23-17(12-5-9-20-10-6-12)21-13-1-4-15-16(11-13)22(14-2-3-14)18(24)19(15)7-8-19/h1,4-6,9-11,14H,2-3,7-8H2,(H,21,23). The lowest BCUT2D eigenvalue weighted by Crippen LogP contribution is -2.33. The van der Waals surface area contributed by atoms with Gasteiger partial charge >= 0.3 is 0 Å². The van der Waals surface area contributed by atoms with Crippen molar-refractivity contribution in [3.05, 3.63) is 53.9 Å². The van der Waals surface area contributed by atoms with Gasteiger partial charge in [-0.25, -0.2) is 0 Å². The van der Waals surface area contributed by atoms with Gasteiger partial charge in [-0.2, -0.15) is 0 Å². The number of fused-ring (bicyclic) bond motifs is 2. The van der Waals surface area contributed by atoms with Crippen LogP contribution >= 0.6 is 0 Å². The van der Waals surface area contributed by atoms with E-state index < -0.39 is 0 Å². The van der Waals surface area contributed by atoms with Gasteiger partial charge in [0, 0.05) is 29.7 Å². The number of nitrogens with one attached hydrogen (secondary N) is 1. The van der Waals surface area contributed by atoms with Crippen molar-refractivity contribution in [3.8, 4) is 0 Å². The fourth-order valence-electron chi connectivity index (χ4n) is 3.68. The van der Waals surface area contributed by atoms with Gasteiger partial charge in [-0.3, -0.25) is 14.6 Å². The van der Waals surface area contributed by atoms with Crippen molar-refractivity contribution < 1.29 is 9.59 Å². The lowest BCUT2D eigenvalue weighted by Gasteiger charge is -2.17. The number of rotatable bonds is 3. The predicted octanol–water partition coefficient (Wildman–Crippen LogP) is 2.87. The van der Waals surface area contributed by atoms with E-state index in [0.29, 0.717) is 11.6 Å². The average molecular weight is 319 g/mol. The van der Waals surface area contributed by atoms with Gasteiger partial charge in [0.15, 0.2) is 0 Å². The fourth-order valence-corrected chi connectivity index (χ4v) is 3.68. The van der Waals surface area contributed by atoms with Crippen LogP contribution < -0.4 is 10.2 Å². The zero-order valence-electron chi connectivity index (χ0n) is 13.2. The molecule has 0 unspecified atom stereocenters. The Morgan fingerprint density at radius 2 is 1.92 bits per heavy atom. The third-order valence-electron chi connectivity index (χ3n) is 5.26. The molecule has 1 aromatic heterocycles. The van der Waals surface area contributed by atoms with Crippen LogP contribution in [0.2, 0.25) is 0 Å². The molecule has 1 spiro atoms. The van der Waals surface area contributed by atoms with E-state index in [4.69, 9.17) is 0 Å². The first-order valence-corrected chi connectivity index (χ1v) is 8.39. The third-order valence-corrected chi connectivity index (χ3v) is 5.26. The Labute approximate surface area is 139 Å². The van der Waals surface area contributed by atoms with E-state index >= 15 is 0 Å². The number of nitrogens with zero attached hydrogens (tertiary/aromatic N) is 2. The number of amides is 2. The molecule has 5 rings (SSSR count). The Morgan fingerprint density at radius 1 is 1.17 bits per heavy atom. The Morgan fingerprint density at radius 3 is 2.58 bits per heavy atom. The molecule has 2 fully saturated rings. The molecule has 1 aromatic carbocycles. The van der Waals surface area contributed by atoms with Gasteiger partial charge < -0.3 is 10.2 Å². The molecule has 2 heterocycles. The smallest absolute Gasteiger partial charge is 0.255 e. The highest BCUT2D eigenvalue weighted by molar-refractivity contribution is 6.12. The Hall–Kier alpha value is -2.69. The molecular formula is C19H17N3O2. The number of anilines is 2. The monoisotopic (exact) mass is 319 g/mol. The molecular weight excluding hydrogens is 302 g/mol. The first-order chi connectivity index (χ1) is 11.7. The molecule has 0 atom stereocenters. The molecule has 2 saturated carbocycles. The van der Waals surface area contributed by atoms with Crippen molar-refractivity contribution in [2.45, 2.75) is 37.1 Å². The van der Waals surface area contributed by atoms with Crippen molar-refractivity contribution in [1.82, 2.24) is 4.98 Å². The maximum Gasteiger partial charge on any atom is 0.255 e. The summed E-state index contributed by atoms with van der Waals surface area (Å²) in [5, 5.41) is 2.93. The first kappa shape index (κ1) is 13.7. The van der Waals surface area contributed by atoms with E-state index in [1.165, 1.54) is 0 Å². The number of carbonyl (C=O) groups is 2. The first-order valence-electron chi connectivity index (χ1n) is 8.39. The largest absolute Gasteiger partial charge is 0.322 e. The minimum Gasteiger partial charge on any atom is -0.322 e. The number of aromatic nitrogens is 1. The minimum atomic E-state index is -0.258. The zero-order chi connectivity index (χ0) is 16.3. The minimum absolute atomic E-state index is 0.166. The van der Waals surface area contributed by atoms with Crippen molar-refractivity contribution >= 4 is 23.2 Å². The maximum atomic E-state index is 12.8. The van der Waals surface area contributed by atoms with Crippen LogP contribution in [0.15, 0.2) is 42.7 Å². The van der Waals surface area contributed by atoms with E-state index in [2.05, 4.69) is 10.3 Å². The lowest BCUT2D eigenvalue weighted by molar-refractivity contribution is -0.120. The molecule has 1 aliphatic heterocycles. The van der Waals surface area contributed by atoms with Crippen LogP contribution in [0.1, 0.15) is 41.6 Å². The van der Waals surface area contributed by atoms with Gasteiger partial charge in [-0.1, -0.05) is 6.07 Å². The summed E-state index contributed by atoms with van der Waals surface area (Å²) < 4.78 is 0. The Kier molecular flexibility index (Phi) is 2.66. The van der Waals surface area contributed by atoms with Crippen molar-refractivity contribution in [2.75, 3.05) is 10.2 Å². The van der Waals surface area contributed by atoms with E-state index in [0.717, 1.165) is 42.6 Å². The normalized spacial score (nSPS) is 20.2. The summed E-state index contributed by atoms with van der Waals surface area (Å²) in [4.78, 5) is 31.0. The van der Waals surface area contributed by atoms with Crippen LogP contribution in [-0.4, -0.2) is 22.8 Å². The van der Waals surface area contributed by atoms with Crippen molar-refractivity contribution in [1.29, 1.82) is 0 Å². The number of hydrogen-bond acceptors (Lipinski definition) is 3. The van der Waals surface area contributed by atoms with Gasteiger partial charge in [0.1, 0.15) is 0 Å².